The molecule has 1 unspecified atom stereocenters. The molecule has 0 saturated carbocycles. The van der Waals surface area contributed by atoms with Crippen molar-refractivity contribution in [3.63, 3.8) is 0 Å². The molecule has 0 fully saturated rings. The van der Waals surface area contributed by atoms with Gasteiger partial charge < -0.3 is 0 Å². The van der Waals surface area contributed by atoms with Crippen molar-refractivity contribution in [1.29, 1.82) is 0 Å². The smallest absolute Gasteiger partial charge is 0.275 e. The third kappa shape index (κ3) is 1.88. The van der Waals surface area contributed by atoms with Crippen LogP contribution in [0.1, 0.15) is 0 Å². The summed E-state index contributed by atoms with van der Waals surface area (Å²) in [4.78, 5) is 0. The largest absolute Gasteiger partial charge is 0.283 e. The van der Waals surface area contributed by atoms with Crippen LogP contribution >= 0.6 is 7.45 Å². The number of hydrogen-bond acceptors (Lipinski definition) is 1. The average Bonchev–Trinajstić information content (AvgIpc) is 2.09. The maximum Gasteiger partial charge on any atom is 0.275 e. The molecule has 1 rings (SSSR count). The van der Waals surface area contributed by atoms with Gasteiger partial charge in [-0.3, -0.25) is 4.57 Å². The number of hydrogen-bond donors (Lipinski definition) is 0. The monoisotopic (exact) mass is 248 g/mol. The van der Waals surface area contributed by atoms with E-state index in [9.17, 15) is 30.7 Å². The van der Waals surface area contributed by atoms with E-state index in [1.54, 1.807) is 0 Å². The fourth-order valence-corrected chi connectivity index (χ4v) is 1.84. The Balaban J connectivity index is 3.76. The Morgan fingerprint density at radius 1 is 0.800 bits per heavy atom. The summed E-state index contributed by atoms with van der Waals surface area (Å²) in [5, 5.41) is -1.90. The van der Waals surface area contributed by atoms with Gasteiger partial charge in [-0.2, -0.15) is 4.20 Å². The molecule has 15 heavy (non-hydrogen) atoms. The van der Waals surface area contributed by atoms with Crippen LogP contribution in [0.3, 0.4) is 0 Å². The number of benzene rings is 1. The first-order valence-electron chi connectivity index (χ1n) is 3.47. The molecule has 0 aliphatic rings. The third-order valence-electron chi connectivity index (χ3n) is 1.59. The van der Waals surface area contributed by atoms with Gasteiger partial charge in [0.05, 0.1) is 0 Å². The fraction of sp³-hybridized carbons (Fsp3) is 0.143. The highest BCUT2D eigenvalue weighted by atomic mass is 31.2. The SMILES string of the molecule is CP(=O)(F)c1c(F)c(F)c(F)c(F)c1F. The topological polar surface area (TPSA) is 17.1 Å². The summed E-state index contributed by atoms with van der Waals surface area (Å²) in [7, 11) is -5.06. The maximum atomic E-state index is 12.8. The van der Waals surface area contributed by atoms with E-state index < -0.39 is 41.8 Å². The maximum absolute atomic E-state index is 12.8. The van der Waals surface area contributed by atoms with Crippen molar-refractivity contribution >= 4 is 12.8 Å². The van der Waals surface area contributed by atoms with Gasteiger partial charge >= 0.3 is 0 Å². The van der Waals surface area contributed by atoms with Crippen molar-refractivity contribution in [1.82, 2.24) is 0 Å². The third-order valence-corrected chi connectivity index (χ3v) is 2.78. The number of rotatable bonds is 1. The van der Waals surface area contributed by atoms with Crippen LogP contribution in [-0.2, 0) is 4.57 Å². The Hall–Kier alpha value is -0.970. The summed E-state index contributed by atoms with van der Waals surface area (Å²) in [6, 6.07) is 0. The molecule has 0 bridgehead atoms. The van der Waals surface area contributed by atoms with E-state index in [0.29, 0.717) is 0 Å². The molecule has 1 atom stereocenters. The Morgan fingerprint density at radius 2 is 1.07 bits per heavy atom. The minimum Gasteiger partial charge on any atom is -0.283 e. The zero-order valence-corrected chi connectivity index (χ0v) is 8.02. The van der Waals surface area contributed by atoms with E-state index in [0.717, 1.165) is 0 Å². The molecule has 0 spiro atoms. The Bertz CT molecular complexity index is 436. The van der Waals surface area contributed by atoms with Crippen molar-refractivity contribution in [2.45, 2.75) is 0 Å². The second-order valence-electron chi connectivity index (χ2n) is 2.74. The van der Waals surface area contributed by atoms with E-state index in [1.165, 1.54) is 0 Å². The molecule has 0 aliphatic heterocycles. The molecule has 84 valence electrons. The molecule has 0 saturated heterocycles. The first-order chi connectivity index (χ1) is 6.68. The molecule has 1 aromatic carbocycles. The zero-order valence-electron chi connectivity index (χ0n) is 7.12. The molecule has 0 amide bonds. The molecular weight excluding hydrogens is 245 g/mol. The highest BCUT2D eigenvalue weighted by Crippen LogP contribution is 2.44. The average molecular weight is 248 g/mol. The predicted octanol–water partition coefficient (Wildman–Crippen LogP) is 2.88. The van der Waals surface area contributed by atoms with Crippen LogP contribution in [0, 0.1) is 29.1 Å². The summed E-state index contributed by atoms with van der Waals surface area (Å²) >= 11 is 0. The Labute approximate surface area is 80.2 Å². The molecule has 0 radical (unpaired) electrons. The molecule has 0 aliphatic carbocycles. The summed E-state index contributed by atoms with van der Waals surface area (Å²) < 4.78 is 86.4. The van der Waals surface area contributed by atoms with E-state index in [1.807, 2.05) is 0 Å². The van der Waals surface area contributed by atoms with Crippen molar-refractivity contribution in [2.75, 3.05) is 6.66 Å². The van der Waals surface area contributed by atoms with E-state index in [-0.39, 0.29) is 6.66 Å². The highest BCUT2D eigenvalue weighted by molar-refractivity contribution is 7.65. The van der Waals surface area contributed by atoms with Crippen LogP contribution in [0.2, 0.25) is 0 Å². The van der Waals surface area contributed by atoms with Crippen molar-refractivity contribution < 1.29 is 30.7 Å². The van der Waals surface area contributed by atoms with E-state index in [2.05, 4.69) is 0 Å². The minimum absolute atomic E-state index is 0.255. The zero-order chi connectivity index (χ0) is 12.0. The summed E-state index contributed by atoms with van der Waals surface area (Å²) in [6.45, 7) is 0.255. The van der Waals surface area contributed by atoms with Crippen LogP contribution in [0.25, 0.3) is 0 Å². The van der Waals surface area contributed by atoms with Crippen molar-refractivity contribution in [3.05, 3.63) is 29.1 Å². The predicted molar refractivity (Wildman–Crippen MR) is 40.5 cm³/mol. The summed E-state index contributed by atoms with van der Waals surface area (Å²) in [6.07, 6.45) is 0. The van der Waals surface area contributed by atoms with Gasteiger partial charge in [-0.1, -0.05) is 0 Å². The van der Waals surface area contributed by atoms with Gasteiger partial charge in [-0.25, -0.2) is 22.0 Å². The van der Waals surface area contributed by atoms with Crippen molar-refractivity contribution in [2.24, 2.45) is 0 Å². The van der Waals surface area contributed by atoms with Gasteiger partial charge in [0.1, 0.15) is 5.30 Å². The standard InChI is InChI=1S/C7H3F6OP/c1-15(13,14)7-5(11)3(9)2(8)4(10)6(7)12/h1H3. The molecular formula is C7H3F6OP. The summed E-state index contributed by atoms with van der Waals surface area (Å²) in [5.41, 5.74) is 0. The van der Waals surface area contributed by atoms with Gasteiger partial charge in [0, 0.05) is 6.66 Å². The highest BCUT2D eigenvalue weighted by Gasteiger charge is 2.34. The Kier molecular flexibility index (Phi) is 2.87. The van der Waals surface area contributed by atoms with E-state index >= 15 is 0 Å². The van der Waals surface area contributed by atoms with Crippen LogP contribution in [0.5, 0.6) is 0 Å². The molecule has 8 heteroatoms. The molecule has 1 nitrogen and oxygen atoms in total. The fourth-order valence-electron chi connectivity index (χ4n) is 0.944. The second-order valence-corrected chi connectivity index (χ2v) is 4.83. The number of halogens is 6. The molecule has 0 N–H and O–H groups in total. The lowest BCUT2D eigenvalue weighted by Gasteiger charge is -2.08. The lowest BCUT2D eigenvalue weighted by Crippen LogP contribution is -2.19. The van der Waals surface area contributed by atoms with Gasteiger partial charge in [0.2, 0.25) is 5.82 Å². The molecule has 0 heterocycles. The van der Waals surface area contributed by atoms with Gasteiger partial charge in [0.25, 0.3) is 7.45 Å². The second kappa shape index (κ2) is 3.56. The first kappa shape index (κ1) is 12.1. The van der Waals surface area contributed by atoms with Crippen LogP contribution in [0.4, 0.5) is 26.1 Å². The van der Waals surface area contributed by atoms with Crippen molar-refractivity contribution in [3.8, 4) is 0 Å². The van der Waals surface area contributed by atoms with Gasteiger partial charge in [-0.05, 0) is 0 Å². The molecule has 1 aromatic rings. The van der Waals surface area contributed by atoms with Crippen LogP contribution < -0.4 is 5.30 Å². The van der Waals surface area contributed by atoms with Gasteiger partial charge in [-0.15, -0.1) is 0 Å². The lowest BCUT2D eigenvalue weighted by molar-refractivity contribution is 0.383. The minimum atomic E-state index is -5.06. The Morgan fingerprint density at radius 3 is 1.33 bits per heavy atom. The quantitative estimate of drug-likeness (QED) is 0.323. The van der Waals surface area contributed by atoms with Crippen LogP contribution in [-0.4, -0.2) is 6.66 Å². The van der Waals surface area contributed by atoms with Crippen LogP contribution in [0.15, 0.2) is 0 Å². The van der Waals surface area contributed by atoms with E-state index in [4.69, 9.17) is 0 Å². The van der Waals surface area contributed by atoms with Gasteiger partial charge in [0.15, 0.2) is 23.3 Å². The summed E-state index contributed by atoms with van der Waals surface area (Å²) in [5.74, 6) is -11.9. The lowest BCUT2D eigenvalue weighted by atomic mass is 10.3. The first-order valence-corrected chi connectivity index (χ1v) is 5.51. The molecule has 0 aromatic heterocycles. The normalized spacial score (nSPS) is 15.1.